The van der Waals surface area contributed by atoms with Crippen LogP contribution in [0.1, 0.15) is 33.1 Å². The van der Waals surface area contributed by atoms with Crippen molar-refractivity contribution < 1.29 is 0 Å². The van der Waals surface area contributed by atoms with Gasteiger partial charge in [0.1, 0.15) is 0 Å². The number of nitrogen functional groups attached to an aromatic ring is 1. The van der Waals surface area contributed by atoms with E-state index in [1.165, 1.54) is 10.9 Å². The van der Waals surface area contributed by atoms with Crippen LogP contribution in [-0.2, 0) is 6.54 Å². The molecule has 0 atom stereocenters. The van der Waals surface area contributed by atoms with Gasteiger partial charge in [0.2, 0.25) is 0 Å². The molecule has 1 heterocycles. The molecule has 0 amide bonds. The molecule has 0 saturated heterocycles. The van der Waals surface area contributed by atoms with Crippen molar-refractivity contribution in [3.05, 3.63) is 30.5 Å². The van der Waals surface area contributed by atoms with E-state index in [0.717, 1.165) is 31.5 Å². The Bertz CT molecular complexity index is 602. The standard InChI is InChI=1S/C16H21N3/c1-16(2,12-17)8-3-4-9-19-10-7-13-5-6-14(18)11-15(13)19/h5-7,10-11H,3-4,8-9,18H2,1-2H3. The highest BCUT2D eigenvalue weighted by Gasteiger charge is 2.15. The Morgan fingerprint density at radius 2 is 2.05 bits per heavy atom. The number of benzene rings is 1. The fourth-order valence-corrected chi connectivity index (χ4v) is 2.30. The van der Waals surface area contributed by atoms with Gasteiger partial charge in [-0.3, -0.25) is 0 Å². The lowest BCUT2D eigenvalue weighted by atomic mass is 9.89. The summed E-state index contributed by atoms with van der Waals surface area (Å²) in [7, 11) is 0. The van der Waals surface area contributed by atoms with Crippen LogP contribution in [0.5, 0.6) is 0 Å². The van der Waals surface area contributed by atoms with E-state index in [-0.39, 0.29) is 5.41 Å². The summed E-state index contributed by atoms with van der Waals surface area (Å²) >= 11 is 0. The van der Waals surface area contributed by atoms with Crippen LogP contribution in [-0.4, -0.2) is 4.57 Å². The van der Waals surface area contributed by atoms with Crippen LogP contribution in [0.4, 0.5) is 5.69 Å². The van der Waals surface area contributed by atoms with Gasteiger partial charge in [-0.25, -0.2) is 0 Å². The van der Waals surface area contributed by atoms with Gasteiger partial charge >= 0.3 is 0 Å². The Morgan fingerprint density at radius 3 is 2.79 bits per heavy atom. The van der Waals surface area contributed by atoms with Crippen LogP contribution in [0.15, 0.2) is 30.5 Å². The van der Waals surface area contributed by atoms with Gasteiger partial charge in [-0.15, -0.1) is 0 Å². The van der Waals surface area contributed by atoms with Crippen molar-refractivity contribution in [2.24, 2.45) is 5.41 Å². The first-order valence-corrected chi connectivity index (χ1v) is 6.77. The van der Waals surface area contributed by atoms with E-state index < -0.39 is 0 Å². The predicted molar refractivity (Wildman–Crippen MR) is 79.6 cm³/mol. The van der Waals surface area contributed by atoms with Crippen LogP contribution in [0, 0.1) is 16.7 Å². The molecule has 0 bridgehead atoms. The maximum absolute atomic E-state index is 8.98. The topological polar surface area (TPSA) is 54.7 Å². The molecule has 3 nitrogen and oxygen atoms in total. The SMILES string of the molecule is CC(C)(C#N)CCCCn1ccc2ccc(N)cc21. The van der Waals surface area contributed by atoms with Crippen LogP contribution in [0.25, 0.3) is 10.9 Å². The Labute approximate surface area is 114 Å². The normalized spacial score (nSPS) is 11.6. The molecule has 1 aromatic heterocycles. The van der Waals surface area contributed by atoms with E-state index in [1.807, 2.05) is 26.0 Å². The molecule has 0 saturated carbocycles. The summed E-state index contributed by atoms with van der Waals surface area (Å²) in [6.45, 7) is 4.98. The quantitative estimate of drug-likeness (QED) is 0.649. The summed E-state index contributed by atoms with van der Waals surface area (Å²) < 4.78 is 2.24. The second kappa shape index (κ2) is 5.36. The van der Waals surface area contributed by atoms with Crippen molar-refractivity contribution >= 4 is 16.6 Å². The first-order chi connectivity index (χ1) is 9.02. The zero-order valence-electron chi connectivity index (χ0n) is 11.7. The third-order valence-electron chi connectivity index (χ3n) is 3.55. The van der Waals surface area contributed by atoms with E-state index in [9.17, 15) is 0 Å². The molecule has 0 aliphatic heterocycles. The summed E-state index contributed by atoms with van der Waals surface area (Å²) in [5.41, 5.74) is 7.63. The molecule has 1 aromatic carbocycles. The van der Waals surface area contributed by atoms with Crippen molar-refractivity contribution in [1.29, 1.82) is 5.26 Å². The summed E-state index contributed by atoms with van der Waals surface area (Å²) in [5, 5.41) is 10.2. The molecular formula is C16H21N3. The second-order valence-electron chi connectivity index (χ2n) is 5.78. The van der Waals surface area contributed by atoms with E-state index in [2.05, 4.69) is 29.0 Å². The van der Waals surface area contributed by atoms with E-state index >= 15 is 0 Å². The fraction of sp³-hybridized carbons (Fsp3) is 0.438. The number of rotatable bonds is 5. The van der Waals surface area contributed by atoms with Crippen LogP contribution >= 0.6 is 0 Å². The first kappa shape index (κ1) is 13.5. The zero-order valence-corrected chi connectivity index (χ0v) is 11.7. The molecule has 3 heteroatoms. The number of unbranched alkanes of at least 4 members (excludes halogenated alkanes) is 1. The Balaban J connectivity index is 1.96. The summed E-state index contributed by atoms with van der Waals surface area (Å²) in [6, 6.07) is 10.5. The molecule has 2 aromatic rings. The van der Waals surface area contributed by atoms with E-state index in [0.29, 0.717) is 0 Å². The number of hydrogen-bond acceptors (Lipinski definition) is 2. The van der Waals surface area contributed by atoms with Gasteiger partial charge in [0, 0.05) is 18.4 Å². The molecule has 0 aliphatic carbocycles. The van der Waals surface area contributed by atoms with Crippen LogP contribution < -0.4 is 5.73 Å². The van der Waals surface area contributed by atoms with Gasteiger partial charge in [0.05, 0.1) is 17.0 Å². The maximum atomic E-state index is 8.98. The van der Waals surface area contributed by atoms with Crippen molar-refractivity contribution in [3.8, 4) is 6.07 Å². The van der Waals surface area contributed by atoms with Gasteiger partial charge in [-0.1, -0.05) is 12.5 Å². The maximum Gasteiger partial charge on any atom is 0.0683 e. The lowest BCUT2D eigenvalue weighted by molar-refractivity contribution is 0.418. The van der Waals surface area contributed by atoms with E-state index in [4.69, 9.17) is 11.0 Å². The molecule has 0 spiro atoms. The van der Waals surface area contributed by atoms with Crippen molar-refractivity contribution in [2.45, 2.75) is 39.7 Å². The lowest BCUT2D eigenvalue weighted by Gasteiger charge is -2.14. The Kier molecular flexibility index (Phi) is 3.80. The summed E-state index contributed by atoms with van der Waals surface area (Å²) in [4.78, 5) is 0. The lowest BCUT2D eigenvalue weighted by Crippen LogP contribution is -2.08. The first-order valence-electron chi connectivity index (χ1n) is 6.77. The van der Waals surface area contributed by atoms with Gasteiger partial charge in [-0.05, 0) is 50.3 Å². The smallest absolute Gasteiger partial charge is 0.0683 e. The average Bonchev–Trinajstić information content (AvgIpc) is 2.77. The predicted octanol–water partition coefficient (Wildman–Crippen LogP) is 3.94. The number of fused-ring (bicyclic) bond motifs is 1. The van der Waals surface area contributed by atoms with Crippen LogP contribution in [0.2, 0.25) is 0 Å². The number of anilines is 1. The second-order valence-corrected chi connectivity index (χ2v) is 5.78. The minimum Gasteiger partial charge on any atom is -0.399 e. The number of nitrogens with two attached hydrogens (primary N) is 1. The molecule has 19 heavy (non-hydrogen) atoms. The largest absolute Gasteiger partial charge is 0.399 e. The Morgan fingerprint density at radius 1 is 1.26 bits per heavy atom. The highest BCUT2D eigenvalue weighted by atomic mass is 14.9. The average molecular weight is 255 g/mol. The van der Waals surface area contributed by atoms with Gasteiger partial charge < -0.3 is 10.3 Å². The fourth-order valence-electron chi connectivity index (χ4n) is 2.30. The molecule has 0 fully saturated rings. The third kappa shape index (κ3) is 3.29. The monoisotopic (exact) mass is 255 g/mol. The molecule has 0 unspecified atom stereocenters. The summed E-state index contributed by atoms with van der Waals surface area (Å²) in [5.74, 6) is 0. The number of aryl methyl sites for hydroxylation is 1. The number of hydrogen-bond donors (Lipinski definition) is 1. The number of nitrogens with zero attached hydrogens (tertiary/aromatic N) is 2. The van der Waals surface area contributed by atoms with Crippen molar-refractivity contribution in [1.82, 2.24) is 4.57 Å². The number of aromatic nitrogens is 1. The molecule has 2 N–H and O–H groups in total. The van der Waals surface area contributed by atoms with Crippen molar-refractivity contribution in [3.63, 3.8) is 0 Å². The van der Waals surface area contributed by atoms with Gasteiger partial charge in [0.15, 0.2) is 0 Å². The molecule has 0 aliphatic rings. The molecule has 2 rings (SSSR count). The zero-order chi connectivity index (χ0) is 13.9. The summed E-state index contributed by atoms with van der Waals surface area (Å²) in [6.07, 6.45) is 5.22. The minimum absolute atomic E-state index is 0.205. The highest BCUT2D eigenvalue weighted by Crippen LogP contribution is 2.23. The van der Waals surface area contributed by atoms with Gasteiger partial charge in [-0.2, -0.15) is 5.26 Å². The third-order valence-corrected chi connectivity index (χ3v) is 3.55. The number of nitriles is 1. The van der Waals surface area contributed by atoms with Gasteiger partial charge in [0.25, 0.3) is 0 Å². The van der Waals surface area contributed by atoms with Crippen molar-refractivity contribution in [2.75, 3.05) is 5.73 Å². The van der Waals surface area contributed by atoms with E-state index in [1.54, 1.807) is 0 Å². The minimum atomic E-state index is -0.205. The van der Waals surface area contributed by atoms with Crippen LogP contribution in [0.3, 0.4) is 0 Å². The highest BCUT2D eigenvalue weighted by molar-refractivity contribution is 5.83. The molecule has 100 valence electrons. The molecule has 0 radical (unpaired) electrons. The molecular weight excluding hydrogens is 234 g/mol. The Hall–Kier alpha value is -1.95.